The fraction of sp³-hybridized carbons (Fsp3) is 0.600. The number of hydrogen-bond donors (Lipinski definition) is 2. The van der Waals surface area contributed by atoms with Gasteiger partial charge < -0.3 is 20.4 Å². The van der Waals surface area contributed by atoms with E-state index in [2.05, 4.69) is 79.7 Å². The number of aromatic hydroxyl groups is 2. The number of phenolic OH excluding ortho intramolecular Hbond substituents is 2. The Morgan fingerprint density at radius 3 is 1.06 bits per heavy atom. The molecular formula is C30H48O4Ti. The Hall–Kier alpha value is -1.33. The third-order valence-electron chi connectivity index (χ3n) is 4.95. The minimum atomic E-state index is -0.417. The SMILES string of the molecule is CC(C)[O-].CC(C)[O-].Cc1cc(CCc2cc(C)cc(C(C)(C)C)c2O)c(O)c(C(C)(C)C)c1.[Ti+2]. The van der Waals surface area contributed by atoms with Crippen molar-refractivity contribution >= 4 is 0 Å². The van der Waals surface area contributed by atoms with Gasteiger partial charge in [-0.05, 0) is 59.8 Å². The first-order valence-corrected chi connectivity index (χ1v) is 12.2. The van der Waals surface area contributed by atoms with E-state index in [9.17, 15) is 20.4 Å². The number of phenols is 2. The topological polar surface area (TPSA) is 86.6 Å². The first kappa shape index (κ1) is 35.8. The minimum absolute atomic E-state index is 0. The zero-order chi connectivity index (χ0) is 27.0. The van der Waals surface area contributed by atoms with Gasteiger partial charge in [-0.2, -0.15) is 0 Å². The van der Waals surface area contributed by atoms with E-state index in [-0.39, 0.29) is 32.5 Å². The molecule has 0 unspecified atom stereocenters. The molecule has 4 nitrogen and oxygen atoms in total. The Labute approximate surface area is 229 Å². The zero-order valence-corrected chi connectivity index (χ0v) is 25.7. The summed E-state index contributed by atoms with van der Waals surface area (Å²) in [6.07, 6.45) is 0.578. The number of benzene rings is 2. The Balaban J connectivity index is 0. The molecule has 0 aliphatic carbocycles. The fourth-order valence-corrected chi connectivity index (χ4v) is 3.50. The van der Waals surface area contributed by atoms with Crippen molar-refractivity contribution in [1.29, 1.82) is 0 Å². The molecule has 0 radical (unpaired) electrons. The van der Waals surface area contributed by atoms with Crippen LogP contribution in [0.2, 0.25) is 0 Å². The van der Waals surface area contributed by atoms with E-state index in [0.717, 1.165) is 33.4 Å². The van der Waals surface area contributed by atoms with Crippen LogP contribution in [0.3, 0.4) is 0 Å². The van der Waals surface area contributed by atoms with Gasteiger partial charge >= 0.3 is 21.7 Å². The van der Waals surface area contributed by atoms with Crippen LogP contribution in [0.5, 0.6) is 11.5 Å². The molecule has 0 saturated heterocycles. The first-order chi connectivity index (χ1) is 15.3. The molecule has 35 heavy (non-hydrogen) atoms. The largest absolute Gasteiger partial charge is 2.00 e. The summed E-state index contributed by atoms with van der Waals surface area (Å²) in [4.78, 5) is 0. The molecule has 0 bridgehead atoms. The van der Waals surface area contributed by atoms with Crippen LogP contribution in [0.25, 0.3) is 0 Å². The van der Waals surface area contributed by atoms with E-state index in [1.54, 1.807) is 27.7 Å². The molecule has 2 rings (SSSR count). The Kier molecular flexibility index (Phi) is 15.4. The van der Waals surface area contributed by atoms with Gasteiger partial charge in [0.1, 0.15) is 11.5 Å². The maximum atomic E-state index is 10.8. The summed E-state index contributed by atoms with van der Waals surface area (Å²) in [6.45, 7) is 23.3. The summed E-state index contributed by atoms with van der Waals surface area (Å²) < 4.78 is 0. The molecule has 0 amide bonds. The second-order valence-corrected chi connectivity index (χ2v) is 11.7. The van der Waals surface area contributed by atoms with Crippen LogP contribution in [0.15, 0.2) is 24.3 Å². The van der Waals surface area contributed by atoms with E-state index in [4.69, 9.17) is 0 Å². The number of aryl methyl sites for hydroxylation is 4. The molecule has 0 fully saturated rings. The van der Waals surface area contributed by atoms with Crippen molar-refractivity contribution < 1.29 is 42.1 Å². The molecule has 5 heteroatoms. The monoisotopic (exact) mass is 520 g/mol. The maximum Gasteiger partial charge on any atom is 2.00 e. The Morgan fingerprint density at radius 2 is 0.857 bits per heavy atom. The second-order valence-electron chi connectivity index (χ2n) is 11.7. The molecule has 196 valence electrons. The standard InChI is InChI=1S/C24H34O2.2C3H7O.Ti/c1-15-11-17(21(25)19(13-15)23(3,4)5)9-10-18-12-16(2)14-20(22(18)26)24(6,7)8;2*1-3(2)4;/h11-14,25-26H,9-10H2,1-8H3;2*3H,1-2H3;/q;2*-1;+2. The number of rotatable bonds is 3. The average Bonchev–Trinajstić information content (AvgIpc) is 2.61. The third-order valence-corrected chi connectivity index (χ3v) is 4.95. The Morgan fingerprint density at radius 1 is 0.629 bits per heavy atom. The van der Waals surface area contributed by atoms with E-state index in [1.807, 2.05) is 0 Å². The van der Waals surface area contributed by atoms with Crippen LogP contribution in [0, 0.1) is 13.8 Å². The van der Waals surface area contributed by atoms with Gasteiger partial charge in [0.25, 0.3) is 0 Å². The van der Waals surface area contributed by atoms with Crippen molar-refractivity contribution in [2.45, 2.75) is 119 Å². The summed E-state index contributed by atoms with van der Waals surface area (Å²) in [5.41, 5.74) is 5.98. The third kappa shape index (κ3) is 13.5. The molecule has 0 atom stereocenters. The molecule has 2 aromatic carbocycles. The van der Waals surface area contributed by atoms with Crippen LogP contribution in [-0.2, 0) is 45.4 Å². The fourth-order valence-electron chi connectivity index (χ4n) is 3.50. The van der Waals surface area contributed by atoms with Crippen molar-refractivity contribution in [3.05, 3.63) is 57.6 Å². The predicted molar refractivity (Wildman–Crippen MR) is 141 cm³/mol. The zero-order valence-electron chi connectivity index (χ0n) is 24.1. The quantitative estimate of drug-likeness (QED) is 0.516. The molecule has 2 aromatic rings. The normalized spacial score (nSPS) is 11.3. The van der Waals surface area contributed by atoms with Gasteiger partial charge in [-0.3, -0.25) is 0 Å². The van der Waals surface area contributed by atoms with Crippen molar-refractivity contribution in [2.75, 3.05) is 0 Å². The maximum absolute atomic E-state index is 10.8. The predicted octanol–water partition coefficient (Wildman–Crippen LogP) is 5.60. The van der Waals surface area contributed by atoms with Gasteiger partial charge in [-0.1, -0.05) is 105 Å². The van der Waals surface area contributed by atoms with Gasteiger partial charge in [0.05, 0.1) is 0 Å². The molecule has 0 aliphatic heterocycles. The van der Waals surface area contributed by atoms with Gasteiger partial charge in [-0.25, -0.2) is 0 Å². The summed E-state index contributed by atoms with van der Waals surface area (Å²) in [5, 5.41) is 40.6. The van der Waals surface area contributed by atoms with E-state index >= 15 is 0 Å². The summed E-state index contributed by atoms with van der Waals surface area (Å²) in [7, 11) is 0. The molecule has 0 aliphatic rings. The van der Waals surface area contributed by atoms with Gasteiger partial charge in [0.15, 0.2) is 0 Å². The van der Waals surface area contributed by atoms with Gasteiger partial charge in [0, 0.05) is 0 Å². The molecule has 0 spiro atoms. The van der Waals surface area contributed by atoms with Crippen LogP contribution >= 0.6 is 0 Å². The second kappa shape index (κ2) is 15.0. The van der Waals surface area contributed by atoms with Gasteiger partial charge in [0.2, 0.25) is 0 Å². The number of hydrogen-bond acceptors (Lipinski definition) is 4. The molecule has 0 aromatic heterocycles. The van der Waals surface area contributed by atoms with Crippen molar-refractivity contribution in [2.24, 2.45) is 0 Å². The molecule has 0 saturated carbocycles. The average molecular weight is 521 g/mol. The van der Waals surface area contributed by atoms with Crippen LogP contribution < -0.4 is 10.2 Å². The Bertz CT molecular complexity index is 823. The van der Waals surface area contributed by atoms with Crippen molar-refractivity contribution in [3.63, 3.8) is 0 Å². The molecular weight excluding hydrogens is 472 g/mol. The first-order valence-electron chi connectivity index (χ1n) is 12.2. The van der Waals surface area contributed by atoms with Crippen molar-refractivity contribution in [3.8, 4) is 11.5 Å². The van der Waals surface area contributed by atoms with Crippen LogP contribution in [0.1, 0.15) is 103 Å². The minimum Gasteiger partial charge on any atom is -0.852 e. The van der Waals surface area contributed by atoms with E-state index in [1.165, 1.54) is 0 Å². The van der Waals surface area contributed by atoms with Crippen molar-refractivity contribution in [1.82, 2.24) is 0 Å². The smallest absolute Gasteiger partial charge is 0.852 e. The van der Waals surface area contributed by atoms with E-state index in [0.29, 0.717) is 24.3 Å². The summed E-state index contributed by atoms with van der Waals surface area (Å²) in [5.74, 6) is 0.789. The summed E-state index contributed by atoms with van der Waals surface area (Å²) >= 11 is 0. The van der Waals surface area contributed by atoms with E-state index < -0.39 is 12.2 Å². The van der Waals surface area contributed by atoms with Crippen LogP contribution in [0.4, 0.5) is 0 Å². The summed E-state index contributed by atoms with van der Waals surface area (Å²) in [6, 6.07) is 8.26. The van der Waals surface area contributed by atoms with Crippen LogP contribution in [-0.4, -0.2) is 22.4 Å². The van der Waals surface area contributed by atoms with Gasteiger partial charge in [-0.15, -0.1) is 12.2 Å². The molecule has 0 heterocycles. The molecule has 2 N–H and O–H groups in total.